The Kier molecular flexibility index (Phi) is 11.5. The molecule has 6 unspecified atom stereocenters. The summed E-state index contributed by atoms with van der Waals surface area (Å²) in [6, 6.07) is 6.13. The molecule has 6 atom stereocenters. The fourth-order valence-corrected chi connectivity index (χ4v) is 5.14. The first-order valence-electron chi connectivity index (χ1n) is 14.2. The maximum Gasteiger partial charge on any atom is 0.325 e. The summed E-state index contributed by atoms with van der Waals surface area (Å²) in [6.07, 6.45) is 6.71. The summed E-state index contributed by atoms with van der Waals surface area (Å²) >= 11 is 0. The van der Waals surface area contributed by atoms with E-state index in [0.29, 0.717) is 25.9 Å². The van der Waals surface area contributed by atoms with E-state index in [-0.39, 0.29) is 29.8 Å². The van der Waals surface area contributed by atoms with E-state index in [4.69, 9.17) is 9.47 Å². The molecule has 0 radical (unpaired) electrons. The number of cyclic esters (lactones) is 1. The van der Waals surface area contributed by atoms with Crippen molar-refractivity contribution in [3.8, 4) is 0 Å². The van der Waals surface area contributed by atoms with Crippen molar-refractivity contribution in [3.05, 3.63) is 41.5 Å². The lowest BCUT2D eigenvalue weighted by molar-refractivity contribution is -0.157. The van der Waals surface area contributed by atoms with Crippen molar-refractivity contribution in [2.24, 2.45) is 11.8 Å². The molecule has 2 aliphatic rings. The third kappa shape index (κ3) is 8.62. The molecule has 0 aromatic heterocycles. The first kappa shape index (κ1) is 30.8. The van der Waals surface area contributed by atoms with Gasteiger partial charge in [0.25, 0.3) is 5.91 Å². The molecule has 1 fully saturated rings. The van der Waals surface area contributed by atoms with Crippen molar-refractivity contribution in [1.29, 1.82) is 0 Å². The van der Waals surface area contributed by atoms with Crippen LogP contribution in [0.25, 0.3) is 6.08 Å². The SMILES string of the molecule is COC1CC/C=C/c2cccc(c2)C(C)OC(=O)C2CCCN(N2)C(=O)C(C)NC(=O)C(C(C)C)NCC1C. The van der Waals surface area contributed by atoms with Crippen molar-refractivity contribution in [1.82, 2.24) is 21.1 Å². The number of carbonyl (C=O) groups excluding carboxylic acids is 3. The topological polar surface area (TPSA) is 109 Å². The number of fused-ring (bicyclic) bond motifs is 4. The number of nitrogens with zero attached hydrogens (tertiary/aromatic N) is 1. The molecule has 1 aromatic rings. The van der Waals surface area contributed by atoms with E-state index >= 15 is 0 Å². The Labute approximate surface area is 233 Å². The Morgan fingerprint density at radius 2 is 1.87 bits per heavy atom. The molecule has 0 saturated carbocycles. The summed E-state index contributed by atoms with van der Waals surface area (Å²) in [7, 11) is 1.72. The van der Waals surface area contributed by atoms with Crippen molar-refractivity contribution >= 4 is 23.9 Å². The van der Waals surface area contributed by atoms with E-state index in [1.807, 2.05) is 45.0 Å². The van der Waals surface area contributed by atoms with Crippen molar-refractivity contribution in [2.75, 3.05) is 20.2 Å². The lowest BCUT2D eigenvalue weighted by Gasteiger charge is -2.35. The van der Waals surface area contributed by atoms with Crippen LogP contribution in [0.2, 0.25) is 0 Å². The predicted molar refractivity (Wildman–Crippen MR) is 151 cm³/mol. The Balaban J connectivity index is 1.83. The third-order valence-corrected chi connectivity index (χ3v) is 7.61. The number of hydrazine groups is 1. The molecule has 2 aliphatic heterocycles. The monoisotopic (exact) mass is 542 g/mol. The van der Waals surface area contributed by atoms with Crippen molar-refractivity contribution in [3.63, 3.8) is 0 Å². The van der Waals surface area contributed by atoms with Gasteiger partial charge < -0.3 is 20.1 Å². The number of allylic oxidation sites excluding steroid dienone is 1. The average Bonchev–Trinajstić information content (AvgIpc) is 2.92. The average molecular weight is 543 g/mol. The summed E-state index contributed by atoms with van der Waals surface area (Å²) in [4.78, 5) is 39.4. The number of benzene rings is 1. The largest absolute Gasteiger partial charge is 0.457 e. The van der Waals surface area contributed by atoms with Crippen LogP contribution in [-0.2, 0) is 23.9 Å². The maximum atomic E-state index is 13.2. The number of hydrogen-bond donors (Lipinski definition) is 3. The number of methoxy groups -OCH3 is 1. The molecule has 1 saturated heterocycles. The molecule has 0 spiro atoms. The Bertz CT molecular complexity index is 1010. The van der Waals surface area contributed by atoms with E-state index in [2.05, 4.69) is 35.1 Å². The van der Waals surface area contributed by atoms with Gasteiger partial charge in [0.1, 0.15) is 18.2 Å². The van der Waals surface area contributed by atoms with Crippen molar-refractivity contribution in [2.45, 2.75) is 90.6 Å². The number of amides is 2. The van der Waals surface area contributed by atoms with Crippen LogP contribution >= 0.6 is 0 Å². The minimum Gasteiger partial charge on any atom is -0.457 e. The minimum absolute atomic E-state index is 0.0268. The van der Waals surface area contributed by atoms with E-state index in [1.165, 1.54) is 5.01 Å². The number of ether oxygens (including phenoxy) is 2. The van der Waals surface area contributed by atoms with Crippen LogP contribution in [0, 0.1) is 11.8 Å². The molecule has 9 nitrogen and oxygen atoms in total. The van der Waals surface area contributed by atoms with Crippen molar-refractivity contribution < 1.29 is 23.9 Å². The highest BCUT2D eigenvalue weighted by Gasteiger charge is 2.33. The third-order valence-electron chi connectivity index (χ3n) is 7.61. The highest BCUT2D eigenvalue weighted by atomic mass is 16.5. The summed E-state index contributed by atoms with van der Waals surface area (Å²) in [5.74, 6) is -0.698. The van der Waals surface area contributed by atoms with E-state index in [1.54, 1.807) is 14.0 Å². The van der Waals surface area contributed by atoms with Gasteiger partial charge in [-0.2, -0.15) is 0 Å². The van der Waals surface area contributed by atoms with E-state index < -0.39 is 30.2 Å². The first-order valence-corrected chi connectivity index (χ1v) is 14.2. The zero-order valence-corrected chi connectivity index (χ0v) is 24.2. The minimum atomic E-state index is -0.752. The van der Waals surface area contributed by atoms with E-state index in [0.717, 1.165) is 24.0 Å². The van der Waals surface area contributed by atoms with Crippen LogP contribution < -0.4 is 16.1 Å². The van der Waals surface area contributed by atoms with Gasteiger partial charge in [0, 0.05) is 20.2 Å². The Morgan fingerprint density at radius 1 is 1.10 bits per heavy atom. The van der Waals surface area contributed by atoms with Crippen LogP contribution in [0.3, 0.4) is 0 Å². The molecule has 0 aliphatic carbocycles. The van der Waals surface area contributed by atoms with Crippen LogP contribution in [0.1, 0.15) is 77.5 Å². The predicted octanol–water partition coefficient (Wildman–Crippen LogP) is 3.36. The van der Waals surface area contributed by atoms with Gasteiger partial charge in [0.15, 0.2) is 0 Å². The normalized spacial score (nSPS) is 31.1. The molecule has 4 bridgehead atoms. The van der Waals surface area contributed by atoms with Gasteiger partial charge in [-0.1, -0.05) is 51.1 Å². The summed E-state index contributed by atoms with van der Waals surface area (Å²) < 4.78 is 11.6. The quantitative estimate of drug-likeness (QED) is 0.492. The molecular weight excluding hydrogens is 496 g/mol. The highest BCUT2D eigenvalue weighted by Crippen LogP contribution is 2.22. The second-order valence-electron chi connectivity index (χ2n) is 11.2. The smallest absolute Gasteiger partial charge is 0.325 e. The molecule has 3 N–H and O–H groups in total. The molecule has 216 valence electrons. The molecule has 1 aromatic carbocycles. The van der Waals surface area contributed by atoms with Crippen LogP contribution in [0.5, 0.6) is 0 Å². The lowest BCUT2D eigenvalue weighted by Crippen LogP contribution is -2.60. The second-order valence-corrected chi connectivity index (χ2v) is 11.2. The summed E-state index contributed by atoms with van der Waals surface area (Å²) in [6.45, 7) is 10.7. The summed E-state index contributed by atoms with van der Waals surface area (Å²) in [5, 5.41) is 7.71. The maximum absolute atomic E-state index is 13.2. The van der Waals surface area contributed by atoms with Gasteiger partial charge in [-0.3, -0.25) is 19.4 Å². The zero-order chi connectivity index (χ0) is 28.5. The molecule has 3 rings (SSSR count). The van der Waals surface area contributed by atoms with Gasteiger partial charge in [-0.15, -0.1) is 0 Å². The summed E-state index contributed by atoms with van der Waals surface area (Å²) in [5.41, 5.74) is 4.97. The highest BCUT2D eigenvalue weighted by molar-refractivity contribution is 5.89. The first-order chi connectivity index (χ1) is 18.6. The fraction of sp³-hybridized carbons (Fsp3) is 0.633. The Morgan fingerprint density at radius 3 is 2.59 bits per heavy atom. The van der Waals surface area contributed by atoms with Crippen LogP contribution in [0.4, 0.5) is 0 Å². The van der Waals surface area contributed by atoms with Gasteiger partial charge in [0.2, 0.25) is 5.91 Å². The molecule has 2 heterocycles. The van der Waals surface area contributed by atoms with Crippen LogP contribution in [0.15, 0.2) is 30.3 Å². The molecule has 39 heavy (non-hydrogen) atoms. The van der Waals surface area contributed by atoms with Gasteiger partial charge >= 0.3 is 5.97 Å². The number of carbonyl (C=O) groups is 3. The van der Waals surface area contributed by atoms with Gasteiger partial charge in [-0.05, 0) is 68.6 Å². The number of nitrogens with one attached hydrogen (secondary N) is 3. The lowest BCUT2D eigenvalue weighted by atomic mass is 9.97. The number of hydrogen-bond acceptors (Lipinski definition) is 7. The molecular formula is C30H46N4O5. The second kappa shape index (κ2) is 14.6. The fourth-order valence-electron chi connectivity index (χ4n) is 5.14. The molecule has 9 heteroatoms. The Hall–Kier alpha value is -2.75. The van der Waals surface area contributed by atoms with Gasteiger partial charge in [-0.25, -0.2) is 5.43 Å². The zero-order valence-electron chi connectivity index (χ0n) is 24.2. The van der Waals surface area contributed by atoms with E-state index in [9.17, 15) is 14.4 Å². The number of rotatable bonds is 2. The standard InChI is InChI=1S/C30H46N4O5/c1-19(2)27-28(35)32-21(4)29(36)34-16-10-14-25(33-34)30(37)39-22(5)24-13-9-12-23(17-24)11-7-8-15-26(38-6)20(3)18-31-27/h7,9,11-13,17,19-22,25-27,31,33H,8,10,14-16,18H2,1-6H3,(H,32,35)/b11-7+. The van der Waals surface area contributed by atoms with Gasteiger partial charge in [0.05, 0.1) is 12.1 Å². The van der Waals surface area contributed by atoms with Crippen LogP contribution in [-0.4, -0.2) is 67.2 Å². The number of esters is 1. The molecule has 2 amide bonds.